The average molecular weight is 364 g/mol. The van der Waals surface area contributed by atoms with Gasteiger partial charge in [-0.2, -0.15) is 18.3 Å². The number of hydrogen-bond acceptors (Lipinski definition) is 4. The van der Waals surface area contributed by atoms with Gasteiger partial charge in [0.05, 0.1) is 28.9 Å². The van der Waals surface area contributed by atoms with E-state index in [-0.39, 0.29) is 5.69 Å². The highest BCUT2D eigenvalue weighted by molar-refractivity contribution is 5.80. The van der Waals surface area contributed by atoms with Crippen LogP contribution in [0.2, 0.25) is 0 Å². The number of halogens is 3. The van der Waals surface area contributed by atoms with Crippen molar-refractivity contribution >= 4 is 16.6 Å². The highest BCUT2D eigenvalue weighted by atomic mass is 19.4. The number of hydrogen-bond donors (Lipinski definition) is 0. The highest BCUT2D eigenvalue weighted by Gasteiger charge is 2.29. The molecule has 1 heterocycles. The maximum absolute atomic E-state index is 12.6. The maximum atomic E-state index is 12.6. The largest absolute Gasteiger partial charge is 0.416 e. The van der Waals surface area contributed by atoms with E-state index >= 15 is 0 Å². The summed E-state index contributed by atoms with van der Waals surface area (Å²) in [6.07, 6.45) is -2.74. The molecule has 0 saturated heterocycles. The van der Waals surface area contributed by atoms with Gasteiger partial charge in [0, 0.05) is 24.1 Å². The van der Waals surface area contributed by atoms with E-state index in [1.165, 1.54) is 24.3 Å². The van der Waals surface area contributed by atoms with Gasteiger partial charge in [-0.05, 0) is 30.8 Å². The number of benzene rings is 2. The molecule has 26 heavy (non-hydrogen) atoms. The lowest BCUT2D eigenvalue weighted by atomic mass is 10.1. The summed E-state index contributed by atoms with van der Waals surface area (Å²) in [5, 5.41) is 15.9. The number of non-ortho nitro benzene ring substituents is 1. The Hall–Kier alpha value is -2.94. The molecule has 0 saturated carbocycles. The van der Waals surface area contributed by atoms with Gasteiger partial charge in [-0.15, -0.1) is 0 Å². The Kier molecular flexibility index (Phi) is 4.64. The average Bonchev–Trinajstić information content (AvgIpc) is 2.96. The number of alkyl halides is 3. The molecule has 0 fully saturated rings. The Morgan fingerprint density at radius 3 is 2.50 bits per heavy atom. The van der Waals surface area contributed by atoms with Crippen LogP contribution in [0.3, 0.4) is 0 Å². The van der Waals surface area contributed by atoms with Crippen molar-refractivity contribution in [3.8, 4) is 0 Å². The molecule has 0 unspecified atom stereocenters. The molecule has 0 radical (unpaired) electrons. The zero-order valence-corrected chi connectivity index (χ0v) is 13.8. The quantitative estimate of drug-likeness (QED) is 0.506. The van der Waals surface area contributed by atoms with Gasteiger partial charge in [0.15, 0.2) is 0 Å². The molecular formula is C17H15F3N4O2. The predicted octanol–water partition coefficient (Wildman–Crippen LogP) is 4.05. The molecule has 2 aromatic carbocycles. The Labute approximate surface area is 146 Å². The summed E-state index contributed by atoms with van der Waals surface area (Å²) in [5.74, 6) is 0. The molecule has 0 atom stereocenters. The number of rotatable bonds is 5. The smallest absolute Gasteiger partial charge is 0.283 e. The third-order valence-corrected chi connectivity index (χ3v) is 3.95. The van der Waals surface area contributed by atoms with Crippen molar-refractivity contribution in [1.82, 2.24) is 14.7 Å². The van der Waals surface area contributed by atoms with Crippen LogP contribution in [0.15, 0.2) is 48.7 Å². The molecule has 3 rings (SSSR count). The van der Waals surface area contributed by atoms with Gasteiger partial charge < -0.3 is 0 Å². The van der Waals surface area contributed by atoms with Crippen molar-refractivity contribution < 1.29 is 18.1 Å². The second kappa shape index (κ2) is 6.75. The van der Waals surface area contributed by atoms with Gasteiger partial charge >= 0.3 is 6.18 Å². The third kappa shape index (κ3) is 3.83. The Morgan fingerprint density at radius 2 is 1.88 bits per heavy atom. The number of nitrogens with zero attached hydrogens (tertiary/aromatic N) is 4. The van der Waals surface area contributed by atoms with E-state index in [1.54, 1.807) is 24.0 Å². The normalized spacial score (nSPS) is 12.0. The standard InChI is InChI=1S/C17H15F3N4O2/c1-22(10-12-2-5-14(6-3-12)17(18,19)20)11-23-16-8-15(24(25)26)7-4-13(16)9-21-23/h2-9H,10-11H2,1H3. The second-order valence-electron chi connectivity index (χ2n) is 5.99. The number of aromatic nitrogens is 2. The van der Waals surface area contributed by atoms with Gasteiger partial charge in [-0.25, -0.2) is 0 Å². The molecule has 0 aliphatic carbocycles. The molecule has 0 spiro atoms. The summed E-state index contributed by atoms with van der Waals surface area (Å²) in [7, 11) is 1.79. The van der Waals surface area contributed by atoms with Crippen molar-refractivity contribution in [3.05, 3.63) is 69.9 Å². The minimum Gasteiger partial charge on any atom is -0.283 e. The summed E-state index contributed by atoms with van der Waals surface area (Å²) in [4.78, 5) is 12.3. The first-order valence-corrected chi connectivity index (χ1v) is 7.69. The van der Waals surface area contributed by atoms with Crippen molar-refractivity contribution in [3.63, 3.8) is 0 Å². The fraction of sp³-hybridized carbons (Fsp3) is 0.235. The van der Waals surface area contributed by atoms with Crippen LogP contribution in [0.5, 0.6) is 0 Å². The summed E-state index contributed by atoms with van der Waals surface area (Å²) >= 11 is 0. The zero-order chi connectivity index (χ0) is 18.9. The summed E-state index contributed by atoms with van der Waals surface area (Å²) in [6.45, 7) is 0.750. The third-order valence-electron chi connectivity index (χ3n) is 3.95. The van der Waals surface area contributed by atoms with E-state index < -0.39 is 16.7 Å². The van der Waals surface area contributed by atoms with Crippen molar-refractivity contribution in [2.75, 3.05) is 7.05 Å². The van der Waals surface area contributed by atoms with E-state index in [0.717, 1.165) is 23.1 Å². The second-order valence-corrected chi connectivity index (χ2v) is 5.99. The molecule has 0 aliphatic rings. The molecule has 9 heteroatoms. The lowest BCUT2D eigenvalue weighted by Crippen LogP contribution is -2.22. The van der Waals surface area contributed by atoms with Gasteiger partial charge in [-0.3, -0.25) is 19.7 Å². The van der Waals surface area contributed by atoms with Crippen LogP contribution >= 0.6 is 0 Å². The van der Waals surface area contributed by atoms with Crippen LogP contribution < -0.4 is 0 Å². The Bertz CT molecular complexity index is 935. The first-order valence-electron chi connectivity index (χ1n) is 7.69. The first-order chi connectivity index (χ1) is 12.2. The maximum Gasteiger partial charge on any atom is 0.416 e. The van der Waals surface area contributed by atoms with Crippen LogP contribution in [-0.2, 0) is 19.4 Å². The molecule has 0 bridgehead atoms. The monoisotopic (exact) mass is 364 g/mol. The van der Waals surface area contributed by atoms with E-state index in [1.807, 2.05) is 4.90 Å². The number of nitro groups is 1. The molecule has 6 nitrogen and oxygen atoms in total. The Balaban J connectivity index is 1.74. The number of fused-ring (bicyclic) bond motifs is 1. The van der Waals surface area contributed by atoms with Gasteiger partial charge in [0.25, 0.3) is 5.69 Å². The summed E-state index contributed by atoms with van der Waals surface area (Å²) in [6, 6.07) is 9.48. The van der Waals surface area contributed by atoms with E-state index in [0.29, 0.717) is 18.7 Å². The SMILES string of the molecule is CN(Cc1ccc(C(F)(F)F)cc1)Cn1ncc2ccc([N+](=O)[O-])cc21. The van der Waals surface area contributed by atoms with Gasteiger partial charge in [-0.1, -0.05) is 12.1 Å². The van der Waals surface area contributed by atoms with Crippen LogP contribution in [0.25, 0.3) is 10.9 Å². The minimum atomic E-state index is -4.35. The molecule has 1 aromatic heterocycles. The summed E-state index contributed by atoms with van der Waals surface area (Å²) in [5.41, 5.74) is 0.639. The molecule has 136 valence electrons. The van der Waals surface area contributed by atoms with Gasteiger partial charge in [0.1, 0.15) is 0 Å². The van der Waals surface area contributed by atoms with E-state index in [9.17, 15) is 23.3 Å². The molecule has 0 aliphatic heterocycles. The molecular weight excluding hydrogens is 349 g/mol. The topological polar surface area (TPSA) is 64.2 Å². The van der Waals surface area contributed by atoms with Gasteiger partial charge in [0.2, 0.25) is 0 Å². The minimum absolute atomic E-state index is 0.0235. The lowest BCUT2D eigenvalue weighted by Gasteiger charge is -2.17. The van der Waals surface area contributed by atoms with Crippen molar-refractivity contribution in [2.24, 2.45) is 0 Å². The fourth-order valence-corrected chi connectivity index (χ4v) is 2.67. The zero-order valence-electron chi connectivity index (χ0n) is 13.8. The van der Waals surface area contributed by atoms with E-state index in [2.05, 4.69) is 5.10 Å². The van der Waals surface area contributed by atoms with E-state index in [4.69, 9.17) is 0 Å². The molecule has 3 aromatic rings. The number of nitro benzene ring substituents is 1. The lowest BCUT2D eigenvalue weighted by molar-refractivity contribution is -0.384. The predicted molar refractivity (Wildman–Crippen MR) is 89.3 cm³/mol. The fourth-order valence-electron chi connectivity index (χ4n) is 2.67. The first kappa shape index (κ1) is 17.9. The molecule has 0 amide bonds. The highest BCUT2D eigenvalue weighted by Crippen LogP contribution is 2.29. The van der Waals surface area contributed by atoms with Crippen LogP contribution in [-0.4, -0.2) is 26.7 Å². The Morgan fingerprint density at radius 1 is 1.19 bits per heavy atom. The van der Waals surface area contributed by atoms with Crippen LogP contribution in [0.1, 0.15) is 11.1 Å². The molecule has 0 N–H and O–H groups in total. The van der Waals surface area contributed by atoms with Crippen LogP contribution in [0, 0.1) is 10.1 Å². The van der Waals surface area contributed by atoms with Crippen molar-refractivity contribution in [1.29, 1.82) is 0 Å². The van der Waals surface area contributed by atoms with Crippen LogP contribution in [0.4, 0.5) is 18.9 Å². The summed E-state index contributed by atoms with van der Waals surface area (Å²) < 4.78 is 39.4. The van der Waals surface area contributed by atoms with Crippen molar-refractivity contribution in [2.45, 2.75) is 19.4 Å².